The fraction of sp³-hybridized carbons (Fsp3) is 0.615. The molecule has 3 nitrogen and oxygen atoms in total. The predicted molar refractivity (Wildman–Crippen MR) is 71.3 cm³/mol. The molecule has 1 heterocycles. The highest BCUT2D eigenvalue weighted by Gasteiger charge is 2.18. The van der Waals surface area contributed by atoms with E-state index in [2.05, 4.69) is 37.5 Å². The van der Waals surface area contributed by atoms with Crippen LogP contribution >= 0.6 is 11.3 Å². The molecule has 0 aliphatic heterocycles. The molecule has 0 bridgehead atoms. The van der Waals surface area contributed by atoms with Gasteiger partial charge < -0.3 is 10.4 Å². The van der Waals surface area contributed by atoms with E-state index in [1.54, 1.807) is 11.3 Å². The van der Waals surface area contributed by atoms with Crippen molar-refractivity contribution >= 4 is 17.3 Å². The lowest BCUT2D eigenvalue weighted by Crippen LogP contribution is -2.29. The maximum atomic E-state index is 11.1. The van der Waals surface area contributed by atoms with Gasteiger partial charge in [0.15, 0.2) is 0 Å². The lowest BCUT2D eigenvalue weighted by atomic mass is 9.97. The molecule has 1 rings (SSSR count). The van der Waals surface area contributed by atoms with Crippen LogP contribution < -0.4 is 5.32 Å². The van der Waals surface area contributed by atoms with Crippen molar-refractivity contribution in [2.75, 3.05) is 6.54 Å². The highest BCUT2D eigenvalue weighted by molar-refractivity contribution is 7.10. The Morgan fingerprint density at radius 3 is 2.71 bits per heavy atom. The van der Waals surface area contributed by atoms with Crippen LogP contribution in [0.15, 0.2) is 11.4 Å². The second kappa shape index (κ2) is 6.77. The smallest absolute Gasteiger partial charge is 0.307 e. The number of hydrogen-bond acceptors (Lipinski definition) is 3. The minimum Gasteiger partial charge on any atom is -0.481 e. The van der Waals surface area contributed by atoms with E-state index in [0.29, 0.717) is 12.5 Å². The SMILES string of the molecule is Cc1ccsc1CNCC(CC(C)C)C(=O)O. The van der Waals surface area contributed by atoms with Crippen molar-refractivity contribution in [2.24, 2.45) is 11.8 Å². The van der Waals surface area contributed by atoms with Gasteiger partial charge in [-0.2, -0.15) is 0 Å². The average Bonchev–Trinajstić information content (AvgIpc) is 2.62. The first-order valence-corrected chi connectivity index (χ1v) is 6.85. The molecule has 0 radical (unpaired) electrons. The number of rotatable bonds is 7. The normalized spacial score (nSPS) is 12.9. The van der Waals surface area contributed by atoms with Crippen molar-refractivity contribution < 1.29 is 9.90 Å². The van der Waals surface area contributed by atoms with Crippen LogP contribution in [0.4, 0.5) is 0 Å². The number of hydrogen-bond donors (Lipinski definition) is 2. The highest BCUT2D eigenvalue weighted by Crippen LogP contribution is 2.16. The molecule has 0 saturated carbocycles. The molecule has 1 aromatic heterocycles. The van der Waals surface area contributed by atoms with Crippen molar-refractivity contribution in [1.29, 1.82) is 0 Å². The molecule has 17 heavy (non-hydrogen) atoms. The molecule has 4 heteroatoms. The Bertz CT molecular complexity index is 360. The zero-order valence-electron chi connectivity index (χ0n) is 10.7. The number of aliphatic carboxylic acids is 1. The largest absolute Gasteiger partial charge is 0.481 e. The molecule has 2 N–H and O–H groups in total. The molecule has 0 aliphatic carbocycles. The average molecular weight is 255 g/mol. The maximum Gasteiger partial charge on any atom is 0.307 e. The lowest BCUT2D eigenvalue weighted by Gasteiger charge is -2.15. The molecule has 0 aliphatic rings. The Hall–Kier alpha value is -0.870. The summed E-state index contributed by atoms with van der Waals surface area (Å²) in [6.07, 6.45) is 0.728. The van der Waals surface area contributed by atoms with Crippen LogP contribution in [0.2, 0.25) is 0 Å². The van der Waals surface area contributed by atoms with Gasteiger partial charge in [0.25, 0.3) is 0 Å². The van der Waals surface area contributed by atoms with Gasteiger partial charge in [-0.25, -0.2) is 0 Å². The van der Waals surface area contributed by atoms with Crippen LogP contribution in [0, 0.1) is 18.8 Å². The lowest BCUT2D eigenvalue weighted by molar-refractivity contribution is -0.142. The minimum absolute atomic E-state index is 0.282. The van der Waals surface area contributed by atoms with Crippen molar-refractivity contribution in [3.8, 4) is 0 Å². The van der Waals surface area contributed by atoms with Gasteiger partial charge in [-0.3, -0.25) is 4.79 Å². The summed E-state index contributed by atoms with van der Waals surface area (Å²) in [6, 6.07) is 2.09. The third-order valence-electron chi connectivity index (χ3n) is 2.75. The topological polar surface area (TPSA) is 49.3 Å². The van der Waals surface area contributed by atoms with Gasteiger partial charge in [0.1, 0.15) is 0 Å². The summed E-state index contributed by atoms with van der Waals surface area (Å²) in [6.45, 7) is 7.51. The first-order valence-electron chi connectivity index (χ1n) is 5.97. The van der Waals surface area contributed by atoms with E-state index in [1.807, 2.05) is 0 Å². The summed E-state index contributed by atoms with van der Waals surface area (Å²) in [5.74, 6) is -0.564. The molecule has 0 spiro atoms. The zero-order chi connectivity index (χ0) is 12.8. The van der Waals surface area contributed by atoms with Gasteiger partial charge in [0.2, 0.25) is 0 Å². The van der Waals surface area contributed by atoms with E-state index in [9.17, 15) is 4.79 Å². The number of carboxylic acid groups (broad SMARTS) is 1. The molecule has 1 atom stereocenters. The van der Waals surface area contributed by atoms with Gasteiger partial charge in [0.05, 0.1) is 5.92 Å². The zero-order valence-corrected chi connectivity index (χ0v) is 11.5. The number of thiophene rings is 1. The molecule has 0 aromatic carbocycles. The third kappa shape index (κ3) is 4.88. The Morgan fingerprint density at radius 1 is 1.53 bits per heavy atom. The number of aryl methyl sites for hydroxylation is 1. The standard InChI is InChI=1S/C13H21NO2S/c1-9(2)6-11(13(15)16)7-14-8-12-10(3)4-5-17-12/h4-5,9,11,14H,6-8H2,1-3H3,(H,15,16). The minimum atomic E-state index is -0.700. The Labute approximate surface area is 107 Å². The quantitative estimate of drug-likeness (QED) is 0.787. The molecule has 0 fully saturated rings. The number of carboxylic acids is 1. The number of carbonyl (C=O) groups is 1. The Morgan fingerprint density at radius 2 is 2.24 bits per heavy atom. The summed E-state index contributed by atoms with van der Waals surface area (Å²) in [4.78, 5) is 12.3. The summed E-state index contributed by atoms with van der Waals surface area (Å²) < 4.78 is 0. The van der Waals surface area contributed by atoms with Crippen molar-refractivity contribution in [3.05, 3.63) is 21.9 Å². The van der Waals surface area contributed by atoms with Gasteiger partial charge in [-0.1, -0.05) is 13.8 Å². The second-order valence-corrected chi connectivity index (χ2v) is 5.82. The Kier molecular flexibility index (Phi) is 5.65. The van der Waals surface area contributed by atoms with Gasteiger partial charge in [0, 0.05) is 18.0 Å². The van der Waals surface area contributed by atoms with E-state index < -0.39 is 5.97 Å². The van der Waals surface area contributed by atoms with Crippen LogP contribution in [-0.2, 0) is 11.3 Å². The van der Waals surface area contributed by atoms with E-state index in [0.717, 1.165) is 13.0 Å². The summed E-state index contributed by atoms with van der Waals surface area (Å²) in [5.41, 5.74) is 1.28. The summed E-state index contributed by atoms with van der Waals surface area (Å²) in [5, 5.41) is 14.4. The molecule has 1 unspecified atom stereocenters. The molecule has 96 valence electrons. The predicted octanol–water partition coefficient (Wildman–Crippen LogP) is 2.89. The van der Waals surface area contributed by atoms with Crippen molar-refractivity contribution in [2.45, 2.75) is 33.7 Å². The monoisotopic (exact) mass is 255 g/mol. The molecule has 0 amide bonds. The summed E-state index contributed by atoms with van der Waals surface area (Å²) >= 11 is 1.71. The fourth-order valence-electron chi connectivity index (χ4n) is 1.79. The molecule has 1 aromatic rings. The van der Waals surface area contributed by atoms with Crippen molar-refractivity contribution in [3.63, 3.8) is 0 Å². The van der Waals surface area contributed by atoms with Crippen LogP contribution in [0.25, 0.3) is 0 Å². The fourth-order valence-corrected chi connectivity index (χ4v) is 2.66. The maximum absolute atomic E-state index is 11.1. The van der Waals surface area contributed by atoms with Gasteiger partial charge in [-0.15, -0.1) is 11.3 Å². The van der Waals surface area contributed by atoms with Gasteiger partial charge in [-0.05, 0) is 36.3 Å². The van der Waals surface area contributed by atoms with E-state index >= 15 is 0 Å². The van der Waals surface area contributed by atoms with E-state index in [-0.39, 0.29) is 5.92 Å². The van der Waals surface area contributed by atoms with E-state index in [1.165, 1.54) is 10.4 Å². The molecular weight excluding hydrogens is 234 g/mol. The van der Waals surface area contributed by atoms with Crippen molar-refractivity contribution in [1.82, 2.24) is 5.32 Å². The van der Waals surface area contributed by atoms with Crippen LogP contribution in [0.5, 0.6) is 0 Å². The number of nitrogens with one attached hydrogen (secondary N) is 1. The van der Waals surface area contributed by atoms with Crippen LogP contribution in [0.1, 0.15) is 30.7 Å². The first-order chi connectivity index (χ1) is 8.00. The van der Waals surface area contributed by atoms with Crippen LogP contribution in [0.3, 0.4) is 0 Å². The van der Waals surface area contributed by atoms with Gasteiger partial charge >= 0.3 is 5.97 Å². The molecule has 0 saturated heterocycles. The third-order valence-corrected chi connectivity index (χ3v) is 3.77. The molecular formula is C13H21NO2S. The summed E-state index contributed by atoms with van der Waals surface area (Å²) in [7, 11) is 0. The Balaban J connectivity index is 2.37. The highest BCUT2D eigenvalue weighted by atomic mass is 32.1. The first kappa shape index (κ1) is 14.2. The van der Waals surface area contributed by atoms with E-state index in [4.69, 9.17) is 5.11 Å². The second-order valence-electron chi connectivity index (χ2n) is 4.82. The van der Waals surface area contributed by atoms with Crippen LogP contribution in [-0.4, -0.2) is 17.6 Å².